The lowest BCUT2D eigenvalue weighted by molar-refractivity contribution is -0.127. The summed E-state index contributed by atoms with van der Waals surface area (Å²) in [7, 11) is 1.65. The highest BCUT2D eigenvalue weighted by molar-refractivity contribution is 6.31. The van der Waals surface area contributed by atoms with Gasteiger partial charge in [0.15, 0.2) is 0 Å². The Morgan fingerprint density at radius 3 is 2.73 bits per heavy atom. The Hall–Kier alpha value is -1.10. The van der Waals surface area contributed by atoms with Gasteiger partial charge in [0, 0.05) is 30.6 Å². The molecule has 1 saturated heterocycles. The SMILES string of the molecule is COC[C@@H](C)NC(=O)C1CCN(Cc2ccccc2Cl)CC1. The van der Waals surface area contributed by atoms with Gasteiger partial charge in [0.25, 0.3) is 0 Å². The first-order chi connectivity index (χ1) is 10.6. The first kappa shape index (κ1) is 17.3. The summed E-state index contributed by atoms with van der Waals surface area (Å²) in [5.74, 6) is 0.267. The van der Waals surface area contributed by atoms with Crippen molar-refractivity contribution in [2.24, 2.45) is 5.92 Å². The molecule has 1 heterocycles. The molecule has 1 N–H and O–H groups in total. The number of methoxy groups -OCH3 is 1. The van der Waals surface area contributed by atoms with Crippen LogP contribution >= 0.6 is 11.6 Å². The van der Waals surface area contributed by atoms with Gasteiger partial charge in [0.2, 0.25) is 5.91 Å². The van der Waals surface area contributed by atoms with E-state index < -0.39 is 0 Å². The van der Waals surface area contributed by atoms with E-state index in [1.165, 1.54) is 0 Å². The predicted molar refractivity (Wildman–Crippen MR) is 88.9 cm³/mol. The number of likely N-dealkylation sites (tertiary alicyclic amines) is 1. The second-order valence-electron chi connectivity index (χ2n) is 6.01. The monoisotopic (exact) mass is 324 g/mol. The number of ether oxygens (including phenoxy) is 1. The van der Waals surface area contributed by atoms with Crippen LogP contribution in [-0.2, 0) is 16.1 Å². The van der Waals surface area contributed by atoms with E-state index in [-0.39, 0.29) is 17.9 Å². The minimum absolute atomic E-state index is 0.0682. The average molecular weight is 325 g/mol. The highest BCUT2D eigenvalue weighted by Crippen LogP contribution is 2.22. The standard InChI is InChI=1S/C17H25ClN2O2/c1-13(12-22-2)19-17(21)14-7-9-20(10-8-14)11-15-5-3-4-6-16(15)18/h3-6,13-14H,7-12H2,1-2H3,(H,19,21)/t13-/m1/s1. The zero-order valence-electron chi connectivity index (χ0n) is 13.3. The van der Waals surface area contributed by atoms with E-state index in [2.05, 4.69) is 16.3 Å². The number of benzene rings is 1. The molecule has 1 atom stereocenters. The van der Waals surface area contributed by atoms with E-state index in [0.717, 1.165) is 43.1 Å². The molecular formula is C17H25ClN2O2. The van der Waals surface area contributed by atoms with E-state index in [4.69, 9.17) is 16.3 Å². The lowest BCUT2D eigenvalue weighted by Gasteiger charge is -2.32. The van der Waals surface area contributed by atoms with Gasteiger partial charge in [-0.05, 0) is 44.5 Å². The predicted octanol–water partition coefficient (Wildman–Crippen LogP) is 2.70. The van der Waals surface area contributed by atoms with Crippen molar-refractivity contribution in [1.82, 2.24) is 10.2 Å². The first-order valence-corrected chi connectivity index (χ1v) is 8.23. The van der Waals surface area contributed by atoms with Crippen molar-refractivity contribution >= 4 is 17.5 Å². The van der Waals surface area contributed by atoms with E-state index in [1.807, 2.05) is 25.1 Å². The van der Waals surface area contributed by atoms with Gasteiger partial charge in [-0.15, -0.1) is 0 Å². The van der Waals surface area contributed by atoms with Crippen LogP contribution in [0, 0.1) is 5.92 Å². The van der Waals surface area contributed by atoms with Gasteiger partial charge < -0.3 is 10.1 Å². The molecule has 0 aliphatic carbocycles. The Balaban J connectivity index is 1.78. The van der Waals surface area contributed by atoms with Crippen LogP contribution in [0.1, 0.15) is 25.3 Å². The Kier molecular flexibility index (Phi) is 6.68. The van der Waals surface area contributed by atoms with Crippen molar-refractivity contribution in [2.45, 2.75) is 32.4 Å². The average Bonchev–Trinajstić information content (AvgIpc) is 2.50. The van der Waals surface area contributed by atoms with Crippen LogP contribution in [0.25, 0.3) is 0 Å². The van der Waals surface area contributed by atoms with E-state index in [9.17, 15) is 4.79 Å². The lowest BCUT2D eigenvalue weighted by atomic mass is 9.95. The fraction of sp³-hybridized carbons (Fsp3) is 0.588. The van der Waals surface area contributed by atoms with Gasteiger partial charge in [0.05, 0.1) is 6.61 Å². The molecule has 0 spiro atoms. The van der Waals surface area contributed by atoms with Crippen LogP contribution in [0.5, 0.6) is 0 Å². The van der Waals surface area contributed by atoms with Crippen molar-refractivity contribution in [2.75, 3.05) is 26.8 Å². The largest absolute Gasteiger partial charge is 0.383 e. The van der Waals surface area contributed by atoms with E-state index in [0.29, 0.717) is 6.61 Å². The van der Waals surface area contributed by atoms with Crippen LogP contribution in [0.3, 0.4) is 0 Å². The second-order valence-corrected chi connectivity index (χ2v) is 6.41. The van der Waals surface area contributed by atoms with Gasteiger partial charge >= 0.3 is 0 Å². The van der Waals surface area contributed by atoms with Crippen LogP contribution in [0.2, 0.25) is 5.02 Å². The maximum Gasteiger partial charge on any atom is 0.223 e. The summed E-state index contributed by atoms with van der Waals surface area (Å²) >= 11 is 6.21. The summed E-state index contributed by atoms with van der Waals surface area (Å²) in [6, 6.07) is 8.02. The highest BCUT2D eigenvalue weighted by atomic mass is 35.5. The summed E-state index contributed by atoms with van der Waals surface area (Å²) in [4.78, 5) is 14.6. The molecule has 0 aromatic heterocycles. The van der Waals surface area contributed by atoms with Gasteiger partial charge in [-0.25, -0.2) is 0 Å². The molecule has 0 radical (unpaired) electrons. The van der Waals surface area contributed by atoms with Crippen molar-refractivity contribution in [3.63, 3.8) is 0 Å². The normalized spacial score (nSPS) is 18.1. The first-order valence-electron chi connectivity index (χ1n) is 7.85. The Morgan fingerprint density at radius 1 is 1.41 bits per heavy atom. The van der Waals surface area contributed by atoms with Gasteiger partial charge in [-0.2, -0.15) is 0 Å². The van der Waals surface area contributed by atoms with Crippen LogP contribution < -0.4 is 5.32 Å². The molecule has 22 heavy (non-hydrogen) atoms. The summed E-state index contributed by atoms with van der Waals surface area (Å²) in [6.07, 6.45) is 1.80. The number of nitrogens with one attached hydrogen (secondary N) is 1. The van der Waals surface area contributed by atoms with Gasteiger partial charge in [-0.3, -0.25) is 9.69 Å². The second kappa shape index (κ2) is 8.51. The maximum atomic E-state index is 12.2. The minimum atomic E-state index is 0.0682. The topological polar surface area (TPSA) is 41.6 Å². The third-order valence-corrected chi connectivity index (χ3v) is 4.48. The Morgan fingerprint density at radius 2 is 2.09 bits per heavy atom. The smallest absolute Gasteiger partial charge is 0.223 e. The zero-order valence-corrected chi connectivity index (χ0v) is 14.1. The summed E-state index contributed by atoms with van der Waals surface area (Å²) in [5.41, 5.74) is 1.15. The van der Waals surface area contributed by atoms with Gasteiger partial charge in [0.1, 0.15) is 0 Å². The molecule has 0 saturated carbocycles. The molecule has 0 bridgehead atoms. The Labute approximate surface area is 137 Å². The molecule has 1 aliphatic heterocycles. The lowest BCUT2D eigenvalue weighted by Crippen LogP contribution is -2.44. The summed E-state index contributed by atoms with van der Waals surface area (Å²) in [5, 5.41) is 3.84. The number of carbonyl (C=O) groups is 1. The molecule has 1 fully saturated rings. The van der Waals surface area contributed by atoms with Crippen LogP contribution in [0.4, 0.5) is 0 Å². The molecule has 122 valence electrons. The quantitative estimate of drug-likeness (QED) is 0.874. The molecule has 1 aromatic carbocycles. The van der Waals surface area contributed by atoms with Crippen LogP contribution in [-0.4, -0.2) is 43.7 Å². The molecule has 1 aliphatic rings. The Bertz CT molecular complexity index is 487. The third-order valence-electron chi connectivity index (χ3n) is 4.12. The molecule has 4 nitrogen and oxygen atoms in total. The molecule has 0 unspecified atom stereocenters. The van der Waals surface area contributed by atoms with E-state index in [1.54, 1.807) is 7.11 Å². The number of amides is 1. The number of carbonyl (C=O) groups excluding carboxylic acids is 1. The van der Waals surface area contributed by atoms with Crippen molar-refractivity contribution in [1.29, 1.82) is 0 Å². The fourth-order valence-electron chi connectivity index (χ4n) is 2.87. The number of hydrogen-bond acceptors (Lipinski definition) is 3. The van der Waals surface area contributed by atoms with Crippen molar-refractivity contribution in [3.8, 4) is 0 Å². The van der Waals surface area contributed by atoms with Crippen LogP contribution in [0.15, 0.2) is 24.3 Å². The molecule has 2 rings (SSSR count). The summed E-state index contributed by atoms with van der Waals surface area (Å²) < 4.78 is 5.05. The summed E-state index contributed by atoms with van der Waals surface area (Å²) in [6.45, 7) is 5.24. The van der Waals surface area contributed by atoms with Crippen molar-refractivity contribution in [3.05, 3.63) is 34.9 Å². The maximum absolute atomic E-state index is 12.2. The third kappa shape index (κ3) is 4.97. The van der Waals surface area contributed by atoms with Gasteiger partial charge in [-0.1, -0.05) is 29.8 Å². The molecule has 1 aromatic rings. The fourth-order valence-corrected chi connectivity index (χ4v) is 3.07. The minimum Gasteiger partial charge on any atom is -0.383 e. The zero-order chi connectivity index (χ0) is 15.9. The molecular weight excluding hydrogens is 300 g/mol. The number of hydrogen-bond donors (Lipinski definition) is 1. The molecule has 1 amide bonds. The molecule has 5 heteroatoms. The number of rotatable bonds is 6. The number of piperidine rings is 1. The van der Waals surface area contributed by atoms with Crippen molar-refractivity contribution < 1.29 is 9.53 Å². The highest BCUT2D eigenvalue weighted by Gasteiger charge is 2.25. The van der Waals surface area contributed by atoms with E-state index >= 15 is 0 Å². The number of nitrogens with zero attached hydrogens (tertiary/aromatic N) is 1. The number of halogens is 1.